The van der Waals surface area contributed by atoms with Gasteiger partial charge in [0.15, 0.2) is 11.9 Å². The molecule has 0 saturated carbocycles. The monoisotopic (exact) mass is 232 g/mol. The molecule has 5 heteroatoms. The maximum atomic E-state index is 12.9. The molecule has 1 aliphatic heterocycles. The number of hydrogen-bond acceptors (Lipinski definition) is 2. The van der Waals surface area contributed by atoms with Gasteiger partial charge in [-0.15, -0.1) is 0 Å². The third-order valence-electron chi connectivity index (χ3n) is 2.84. The molecule has 0 fully saturated rings. The number of alkyl halides is 3. The summed E-state index contributed by atoms with van der Waals surface area (Å²) >= 11 is 0. The minimum Gasteiger partial charge on any atom is -0.368 e. The lowest BCUT2D eigenvalue weighted by molar-refractivity contribution is -0.323. The summed E-state index contributed by atoms with van der Waals surface area (Å²) in [5.41, 5.74) is -1.88. The molecule has 0 aliphatic carbocycles. The number of hydrogen-bond donors (Lipinski definition) is 1. The molecular formula is C11H11F3O2. The van der Waals surface area contributed by atoms with E-state index in [2.05, 4.69) is 0 Å². The molecule has 0 spiro atoms. The summed E-state index contributed by atoms with van der Waals surface area (Å²) < 4.78 is 43.5. The van der Waals surface area contributed by atoms with Crippen molar-refractivity contribution in [3.8, 4) is 0 Å². The number of fused-ring (bicyclic) bond motifs is 1. The Bertz CT molecular complexity index is 402. The van der Waals surface area contributed by atoms with Gasteiger partial charge in [-0.05, 0) is 18.1 Å². The molecule has 1 aromatic rings. The fourth-order valence-electron chi connectivity index (χ4n) is 1.95. The maximum absolute atomic E-state index is 12.9. The first kappa shape index (κ1) is 11.4. The largest absolute Gasteiger partial charge is 0.421 e. The van der Waals surface area contributed by atoms with Gasteiger partial charge in [0.1, 0.15) is 0 Å². The van der Waals surface area contributed by atoms with Gasteiger partial charge in [0.25, 0.3) is 0 Å². The van der Waals surface area contributed by atoms with Crippen molar-refractivity contribution in [3.63, 3.8) is 0 Å². The molecule has 0 aromatic heterocycles. The second-order valence-electron chi connectivity index (χ2n) is 3.96. The van der Waals surface area contributed by atoms with E-state index < -0.39 is 18.1 Å². The van der Waals surface area contributed by atoms with E-state index in [-0.39, 0.29) is 12.0 Å². The van der Waals surface area contributed by atoms with Crippen LogP contribution in [0.3, 0.4) is 0 Å². The number of ether oxygens (including phenoxy) is 1. The number of aliphatic hydroxyl groups excluding tert-OH is 1. The van der Waals surface area contributed by atoms with Crippen LogP contribution in [0.15, 0.2) is 24.3 Å². The Labute approximate surface area is 90.7 Å². The molecule has 1 aliphatic rings. The third kappa shape index (κ3) is 1.60. The van der Waals surface area contributed by atoms with Crippen molar-refractivity contribution in [1.82, 2.24) is 0 Å². The molecular weight excluding hydrogens is 221 g/mol. The molecule has 2 rings (SSSR count). The first-order valence-corrected chi connectivity index (χ1v) is 4.85. The van der Waals surface area contributed by atoms with Crippen LogP contribution in [0.2, 0.25) is 0 Å². The summed E-state index contributed by atoms with van der Waals surface area (Å²) in [6, 6.07) is 6.14. The van der Waals surface area contributed by atoms with Gasteiger partial charge in [-0.25, -0.2) is 0 Å². The van der Waals surface area contributed by atoms with Crippen LogP contribution in [0, 0.1) is 0 Å². The Hall–Kier alpha value is -1.07. The predicted octanol–water partition coefficient (Wildman–Crippen LogP) is 2.36. The lowest BCUT2D eigenvalue weighted by Crippen LogP contribution is -2.48. The smallest absolute Gasteiger partial charge is 0.368 e. The van der Waals surface area contributed by atoms with Crippen molar-refractivity contribution >= 4 is 0 Å². The van der Waals surface area contributed by atoms with E-state index in [1.54, 1.807) is 12.1 Å². The summed E-state index contributed by atoms with van der Waals surface area (Å²) in [6.45, 7) is 0.939. The zero-order chi connectivity index (χ0) is 12.0. The summed E-state index contributed by atoms with van der Waals surface area (Å²) in [5.74, 6) is 0. The van der Waals surface area contributed by atoms with Crippen molar-refractivity contribution < 1.29 is 23.0 Å². The Kier molecular flexibility index (Phi) is 2.47. The second-order valence-corrected chi connectivity index (χ2v) is 3.96. The molecule has 1 N–H and O–H groups in total. The lowest BCUT2D eigenvalue weighted by atomic mass is 9.87. The van der Waals surface area contributed by atoms with E-state index in [1.165, 1.54) is 12.1 Å². The van der Waals surface area contributed by atoms with Crippen LogP contribution < -0.4 is 0 Å². The average Bonchev–Trinajstić information content (AvgIpc) is 2.15. The molecule has 2 unspecified atom stereocenters. The van der Waals surface area contributed by atoms with E-state index in [0.29, 0.717) is 5.56 Å². The molecule has 0 bridgehead atoms. The second kappa shape index (κ2) is 3.46. The summed E-state index contributed by atoms with van der Waals surface area (Å²) in [5, 5.41) is 9.33. The maximum Gasteiger partial charge on any atom is 0.421 e. The standard InChI is InChI=1S/C11H11F3O2/c1-10(11(12,13)14)8-5-3-2-4-7(8)6-9(15)16-10/h2-5,9,15H,6H2,1H3. The van der Waals surface area contributed by atoms with Gasteiger partial charge in [-0.2, -0.15) is 13.2 Å². The van der Waals surface area contributed by atoms with Gasteiger partial charge in [0, 0.05) is 6.42 Å². The minimum atomic E-state index is -4.55. The van der Waals surface area contributed by atoms with Crippen LogP contribution in [0.25, 0.3) is 0 Å². The van der Waals surface area contributed by atoms with Crippen LogP contribution in [0.4, 0.5) is 13.2 Å². The molecule has 0 saturated heterocycles. The fourth-order valence-corrected chi connectivity index (χ4v) is 1.95. The van der Waals surface area contributed by atoms with E-state index >= 15 is 0 Å². The predicted molar refractivity (Wildman–Crippen MR) is 50.6 cm³/mol. The topological polar surface area (TPSA) is 29.5 Å². The summed E-state index contributed by atoms with van der Waals surface area (Å²) in [6.07, 6.45) is -5.88. The number of benzene rings is 1. The lowest BCUT2D eigenvalue weighted by Gasteiger charge is -2.39. The zero-order valence-electron chi connectivity index (χ0n) is 8.58. The van der Waals surface area contributed by atoms with Gasteiger partial charge >= 0.3 is 6.18 Å². The van der Waals surface area contributed by atoms with E-state index in [0.717, 1.165) is 6.92 Å². The SMILES string of the molecule is CC1(C(F)(F)F)OC(O)Cc2ccccc21. The Morgan fingerprint density at radius 3 is 2.62 bits per heavy atom. The van der Waals surface area contributed by atoms with Gasteiger partial charge in [0.2, 0.25) is 0 Å². The van der Waals surface area contributed by atoms with Crippen molar-refractivity contribution in [2.45, 2.75) is 31.4 Å². The first-order valence-electron chi connectivity index (χ1n) is 4.85. The normalized spacial score (nSPS) is 29.9. The van der Waals surface area contributed by atoms with Gasteiger partial charge in [-0.3, -0.25) is 0 Å². The highest BCUT2D eigenvalue weighted by atomic mass is 19.4. The molecule has 1 aromatic carbocycles. The molecule has 2 atom stereocenters. The van der Waals surface area contributed by atoms with Crippen molar-refractivity contribution in [2.24, 2.45) is 0 Å². The molecule has 16 heavy (non-hydrogen) atoms. The van der Waals surface area contributed by atoms with Crippen molar-refractivity contribution in [2.75, 3.05) is 0 Å². The highest BCUT2D eigenvalue weighted by Gasteiger charge is 2.57. The number of aliphatic hydroxyl groups is 1. The van der Waals surface area contributed by atoms with Gasteiger partial charge in [-0.1, -0.05) is 24.3 Å². The Balaban J connectivity index is 2.57. The van der Waals surface area contributed by atoms with E-state index in [9.17, 15) is 18.3 Å². The number of halogens is 3. The van der Waals surface area contributed by atoms with E-state index in [1.807, 2.05) is 0 Å². The Morgan fingerprint density at radius 1 is 1.38 bits per heavy atom. The number of rotatable bonds is 0. The highest BCUT2D eigenvalue weighted by Crippen LogP contribution is 2.46. The molecule has 0 amide bonds. The highest BCUT2D eigenvalue weighted by molar-refractivity contribution is 5.35. The van der Waals surface area contributed by atoms with Crippen LogP contribution in [-0.2, 0) is 16.8 Å². The van der Waals surface area contributed by atoms with Crippen molar-refractivity contribution in [3.05, 3.63) is 35.4 Å². The van der Waals surface area contributed by atoms with Crippen LogP contribution in [-0.4, -0.2) is 17.6 Å². The Morgan fingerprint density at radius 2 is 2.00 bits per heavy atom. The van der Waals surface area contributed by atoms with Gasteiger partial charge in [0.05, 0.1) is 0 Å². The minimum absolute atomic E-state index is 0.0767. The summed E-state index contributed by atoms with van der Waals surface area (Å²) in [7, 11) is 0. The van der Waals surface area contributed by atoms with Crippen molar-refractivity contribution in [1.29, 1.82) is 0 Å². The average molecular weight is 232 g/mol. The molecule has 0 radical (unpaired) electrons. The van der Waals surface area contributed by atoms with Crippen LogP contribution in [0.1, 0.15) is 18.1 Å². The molecule has 2 nitrogen and oxygen atoms in total. The first-order chi connectivity index (χ1) is 7.34. The third-order valence-corrected chi connectivity index (χ3v) is 2.84. The van der Waals surface area contributed by atoms with Gasteiger partial charge < -0.3 is 9.84 Å². The zero-order valence-corrected chi connectivity index (χ0v) is 8.58. The molecule has 88 valence electrons. The fraction of sp³-hybridized carbons (Fsp3) is 0.455. The summed E-state index contributed by atoms with van der Waals surface area (Å²) in [4.78, 5) is 0. The van der Waals surface area contributed by atoms with Crippen LogP contribution >= 0.6 is 0 Å². The van der Waals surface area contributed by atoms with E-state index in [4.69, 9.17) is 4.74 Å². The quantitative estimate of drug-likeness (QED) is 0.744. The molecule has 1 heterocycles. The van der Waals surface area contributed by atoms with Crippen LogP contribution in [0.5, 0.6) is 0 Å².